The van der Waals surface area contributed by atoms with Crippen molar-refractivity contribution in [2.45, 2.75) is 10.6 Å². The molecule has 5 heteroatoms. The molecule has 0 aliphatic carbocycles. The van der Waals surface area contributed by atoms with Crippen LogP contribution in [0.3, 0.4) is 0 Å². The van der Waals surface area contributed by atoms with E-state index in [0.717, 1.165) is 11.8 Å². The summed E-state index contributed by atoms with van der Waals surface area (Å²) in [6, 6.07) is 10.7. The lowest BCUT2D eigenvalue weighted by Gasteiger charge is -2.03. The summed E-state index contributed by atoms with van der Waals surface area (Å²) >= 11 is 1.17. The lowest BCUT2D eigenvalue weighted by molar-refractivity contribution is 0.0653. The van der Waals surface area contributed by atoms with Crippen molar-refractivity contribution in [1.82, 2.24) is 0 Å². The van der Waals surface area contributed by atoms with Gasteiger partial charge in [-0.25, -0.2) is 4.79 Å². The third-order valence-corrected chi connectivity index (χ3v) is 3.41. The molecular formula is C13H10O4S. The van der Waals surface area contributed by atoms with Crippen LogP contribution < -0.4 is 5.43 Å². The third-order valence-electron chi connectivity index (χ3n) is 2.26. The first-order valence-corrected chi connectivity index (χ1v) is 6.19. The molecule has 4 nitrogen and oxygen atoms in total. The minimum Gasteiger partial charge on any atom is -0.475 e. The standard InChI is InChI=1S/C13H10O4S/c14-10-6-7-17-11(13(15)16)12(10)18-8-9-4-2-1-3-5-9/h1-7H,8H2,(H,15,16). The van der Waals surface area contributed by atoms with Crippen LogP contribution in [0.1, 0.15) is 16.1 Å². The fourth-order valence-corrected chi connectivity index (χ4v) is 2.40. The lowest BCUT2D eigenvalue weighted by atomic mass is 10.2. The molecule has 0 saturated heterocycles. The first kappa shape index (κ1) is 12.4. The second-order valence-electron chi connectivity index (χ2n) is 3.52. The molecule has 0 atom stereocenters. The Labute approximate surface area is 107 Å². The molecule has 0 aliphatic rings. The SMILES string of the molecule is O=C(O)c1occc(=O)c1SCc1ccccc1. The predicted molar refractivity (Wildman–Crippen MR) is 67.9 cm³/mol. The molecule has 0 unspecified atom stereocenters. The van der Waals surface area contributed by atoms with Crippen molar-refractivity contribution in [1.29, 1.82) is 0 Å². The fraction of sp³-hybridized carbons (Fsp3) is 0.0769. The first-order valence-electron chi connectivity index (χ1n) is 5.20. The normalized spacial score (nSPS) is 10.2. The zero-order valence-electron chi connectivity index (χ0n) is 9.33. The van der Waals surface area contributed by atoms with Gasteiger partial charge in [0.05, 0.1) is 6.26 Å². The number of hydrogen-bond donors (Lipinski definition) is 1. The van der Waals surface area contributed by atoms with E-state index in [-0.39, 0.29) is 16.1 Å². The zero-order valence-corrected chi connectivity index (χ0v) is 10.1. The first-order chi connectivity index (χ1) is 8.68. The summed E-state index contributed by atoms with van der Waals surface area (Å²) in [6.45, 7) is 0. The number of benzene rings is 1. The minimum absolute atomic E-state index is 0.133. The number of thioether (sulfide) groups is 1. The van der Waals surface area contributed by atoms with Crippen molar-refractivity contribution in [3.63, 3.8) is 0 Å². The predicted octanol–water partition coefficient (Wildman–Crippen LogP) is 2.63. The molecule has 0 saturated carbocycles. The number of aromatic carboxylic acids is 1. The van der Waals surface area contributed by atoms with Gasteiger partial charge in [0, 0.05) is 11.8 Å². The highest BCUT2D eigenvalue weighted by molar-refractivity contribution is 7.98. The average Bonchev–Trinajstić information content (AvgIpc) is 2.38. The summed E-state index contributed by atoms with van der Waals surface area (Å²) in [5.41, 5.74) is 0.682. The number of carbonyl (C=O) groups is 1. The molecule has 1 aromatic carbocycles. The van der Waals surface area contributed by atoms with Crippen molar-refractivity contribution in [3.8, 4) is 0 Å². The minimum atomic E-state index is -1.23. The fourth-order valence-electron chi connectivity index (χ4n) is 1.42. The molecule has 0 bridgehead atoms. The van der Waals surface area contributed by atoms with Crippen molar-refractivity contribution in [2.24, 2.45) is 0 Å². The summed E-state index contributed by atoms with van der Waals surface area (Å²) in [5, 5.41) is 8.94. The summed E-state index contributed by atoms with van der Waals surface area (Å²) in [7, 11) is 0. The van der Waals surface area contributed by atoms with Gasteiger partial charge in [-0.05, 0) is 5.56 Å². The highest BCUT2D eigenvalue weighted by atomic mass is 32.2. The molecule has 92 valence electrons. The van der Waals surface area contributed by atoms with Gasteiger partial charge in [-0.2, -0.15) is 0 Å². The van der Waals surface area contributed by atoms with Crippen LogP contribution >= 0.6 is 11.8 Å². The second kappa shape index (κ2) is 5.55. The summed E-state index contributed by atoms with van der Waals surface area (Å²) in [5.74, 6) is -1.01. The van der Waals surface area contributed by atoms with Crippen LogP contribution in [0.5, 0.6) is 0 Å². The van der Waals surface area contributed by atoms with Crippen LogP contribution in [0.2, 0.25) is 0 Å². The maximum atomic E-state index is 11.6. The topological polar surface area (TPSA) is 67.5 Å². The van der Waals surface area contributed by atoms with Gasteiger partial charge in [-0.1, -0.05) is 30.3 Å². The number of carboxylic acids is 1. The lowest BCUT2D eigenvalue weighted by Crippen LogP contribution is -2.09. The number of hydrogen-bond acceptors (Lipinski definition) is 4. The maximum absolute atomic E-state index is 11.6. The molecule has 0 aliphatic heterocycles. The van der Waals surface area contributed by atoms with Gasteiger partial charge in [-0.3, -0.25) is 4.79 Å². The van der Waals surface area contributed by atoms with E-state index in [1.165, 1.54) is 17.8 Å². The Morgan fingerprint density at radius 2 is 1.94 bits per heavy atom. The van der Waals surface area contributed by atoms with Crippen molar-refractivity contribution >= 4 is 17.7 Å². The Hall–Kier alpha value is -2.01. The van der Waals surface area contributed by atoms with Gasteiger partial charge in [0.25, 0.3) is 0 Å². The van der Waals surface area contributed by atoms with Crippen LogP contribution in [-0.2, 0) is 5.75 Å². The molecule has 0 radical (unpaired) electrons. The molecule has 1 aromatic heterocycles. The highest BCUT2D eigenvalue weighted by Gasteiger charge is 2.16. The highest BCUT2D eigenvalue weighted by Crippen LogP contribution is 2.23. The van der Waals surface area contributed by atoms with Crippen LogP contribution in [0, 0.1) is 0 Å². The van der Waals surface area contributed by atoms with Gasteiger partial charge in [0.1, 0.15) is 4.90 Å². The largest absolute Gasteiger partial charge is 0.475 e. The molecule has 0 amide bonds. The smallest absolute Gasteiger partial charge is 0.373 e. The van der Waals surface area contributed by atoms with E-state index in [0.29, 0.717) is 5.75 Å². The Kier molecular flexibility index (Phi) is 3.84. The molecule has 18 heavy (non-hydrogen) atoms. The molecule has 1 N–H and O–H groups in total. The van der Waals surface area contributed by atoms with Crippen LogP contribution in [-0.4, -0.2) is 11.1 Å². The van der Waals surface area contributed by atoms with E-state index in [2.05, 4.69) is 0 Å². The molecule has 1 heterocycles. The van der Waals surface area contributed by atoms with Crippen LogP contribution in [0.25, 0.3) is 0 Å². The van der Waals surface area contributed by atoms with E-state index < -0.39 is 5.97 Å². The third kappa shape index (κ3) is 2.81. The number of rotatable bonds is 4. The molecular weight excluding hydrogens is 252 g/mol. The van der Waals surface area contributed by atoms with E-state index >= 15 is 0 Å². The molecule has 0 spiro atoms. The summed E-state index contributed by atoms with van der Waals surface area (Å²) in [4.78, 5) is 22.7. The molecule has 2 aromatic rings. The van der Waals surface area contributed by atoms with E-state index in [1.807, 2.05) is 30.3 Å². The Balaban J connectivity index is 2.24. The van der Waals surface area contributed by atoms with Crippen molar-refractivity contribution in [3.05, 3.63) is 64.2 Å². The van der Waals surface area contributed by atoms with Crippen LogP contribution in [0.4, 0.5) is 0 Å². The summed E-state index contributed by atoms with van der Waals surface area (Å²) in [6.07, 6.45) is 1.10. The van der Waals surface area contributed by atoms with Gasteiger partial charge in [-0.15, -0.1) is 11.8 Å². The van der Waals surface area contributed by atoms with Crippen molar-refractivity contribution in [2.75, 3.05) is 0 Å². The average molecular weight is 262 g/mol. The quantitative estimate of drug-likeness (QED) is 0.858. The molecule has 0 fully saturated rings. The van der Waals surface area contributed by atoms with Gasteiger partial charge in [0.2, 0.25) is 5.76 Å². The zero-order chi connectivity index (χ0) is 13.0. The van der Waals surface area contributed by atoms with Gasteiger partial charge >= 0.3 is 5.97 Å². The molecule has 2 rings (SSSR count). The van der Waals surface area contributed by atoms with Gasteiger partial charge < -0.3 is 9.52 Å². The van der Waals surface area contributed by atoms with E-state index in [4.69, 9.17) is 9.52 Å². The van der Waals surface area contributed by atoms with E-state index in [9.17, 15) is 9.59 Å². The maximum Gasteiger partial charge on any atom is 0.373 e. The summed E-state index contributed by atoms with van der Waals surface area (Å²) < 4.78 is 4.87. The number of carboxylic acid groups (broad SMARTS) is 1. The monoisotopic (exact) mass is 262 g/mol. The Morgan fingerprint density at radius 1 is 1.22 bits per heavy atom. The van der Waals surface area contributed by atoms with E-state index in [1.54, 1.807) is 0 Å². The van der Waals surface area contributed by atoms with Gasteiger partial charge in [0.15, 0.2) is 5.43 Å². The second-order valence-corrected chi connectivity index (χ2v) is 4.51. The van der Waals surface area contributed by atoms with Crippen LogP contribution in [0.15, 0.2) is 56.8 Å². The van der Waals surface area contributed by atoms with Crippen molar-refractivity contribution < 1.29 is 14.3 Å². The Morgan fingerprint density at radius 3 is 2.61 bits per heavy atom. The Bertz CT molecular complexity index is 604.